The standard InChI is InChI=1S/C24H32F3N5O/c1-30(2)18-10-6-16(7-11-18)23(33)28-17-8-12-19(13-9-17)32(5)20-14-21(24(25,26)27)29-22(15-20)31(3)4/h6-7,10-11,14-15,17,19H,8-9,12-13H2,1-5H3,(H,28,33)/t17-,19+. The summed E-state index contributed by atoms with van der Waals surface area (Å²) in [7, 11) is 9.07. The predicted octanol–water partition coefficient (Wildman–Crippen LogP) is 4.41. The van der Waals surface area contributed by atoms with Crippen LogP contribution in [0.3, 0.4) is 0 Å². The summed E-state index contributed by atoms with van der Waals surface area (Å²) in [5.41, 5.74) is 1.25. The van der Waals surface area contributed by atoms with Crippen LogP contribution in [-0.2, 0) is 6.18 Å². The summed E-state index contributed by atoms with van der Waals surface area (Å²) in [5, 5.41) is 3.10. The van der Waals surface area contributed by atoms with Crippen molar-refractivity contribution in [3.8, 4) is 0 Å². The molecule has 6 nitrogen and oxygen atoms in total. The number of aromatic nitrogens is 1. The third kappa shape index (κ3) is 6.09. The van der Waals surface area contributed by atoms with E-state index in [0.29, 0.717) is 11.3 Å². The molecule has 1 aliphatic rings. The zero-order chi connectivity index (χ0) is 24.3. The molecule has 0 bridgehead atoms. The molecule has 1 aromatic heterocycles. The average Bonchev–Trinajstić information content (AvgIpc) is 2.78. The molecule has 3 rings (SSSR count). The largest absolute Gasteiger partial charge is 0.433 e. The molecule has 0 unspecified atom stereocenters. The summed E-state index contributed by atoms with van der Waals surface area (Å²) in [5.74, 6) is 0.171. The minimum Gasteiger partial charge on any atom is -0.378 e. The predicted molar refractivity (Wildman–Crippen MR) is 126 cm³/mol. The maximum atomic E-state index is 13.3. The maximum Gasteiger partial charge on any atom is 0.433 e. The van der Waals surface area contributed by atoms with Crippen molar-refractivity contribution in [3.05, 3.63) is 47.7 Å². The highest BCUT2D eigenvalue weighted by Crippen LogP contribution is 2.34. The Bertz CT molecular complexity index is 952. The highest BCUT2D eigenvalue weighted by atomic mass is 19.4. The van der Waals surface area contributed by atoms with Crippen LogP contribution in [0.1, 0.15) is 41.7 Å². The Balaban J connectivity index is 1.62. The lowest BCUT2D eigenvalue weighted by molar-refractivity contribution is -0.141. The van der Waals surface area contributed by atoms with Gasteiger partial charge in [-0.15, -0.1) is 0 Å². The van der Waals surface area contributed by atoms with Crippen molar-refractivity contribution in [2.24, 2.45) is 0 Å². The lowest BCUT2D eigenvalue weighted by Gasteiger charge is -2.36. The number of rotatable bonds is 6. The molecule has 2 aromatic rings. The average molecular weight is 464 g/mol. The van der Waals surface area contributed by atoms with Crippen LogP contribution in [-0.4, -0.2) is 58.2 Å². The van der Waals surface area contributed by atoms with Crippen molar-refractivity contribution in [2.75, 3.05) is 49.9 Å². The van der Waals surface area contributed by atoms with E-state index < -0.39 is 11.9 Å². The van der Waals surface area contributed by atoms with Crippen LogP contribution >= 0.6 is 0 Å². The molecule has 1 amide bonds. The van der Waals surface area contributed by atoms with Crippen molar-refractivity contribution in [2.45, 2.75) is 43.9 Å². The number of carbonyl (C=O) groups excluding carboxylic acids is 1. The maximum absolute atomic E-state index is 13.3. The first-order valence-electron chi connectivity index (χ1n) is 11.0. The molecule has 1 N–H and O–H groups in total. The summed E-state index contributed by atoms with van der Waals surface area (Å²) < 4.78 is 40.0. The number of amides is 1. The van der Waals surface area contributed by atoms with E-state index in [0.717, 1.165) is 37.4 Å². The van der Waals surface area contributed by atoms with E-state index in [1.54, 1.807) is 25.1 Å². The van der Waals surface area contributed by atoms with Crippen molar-refractivity contribution >= 4 is 23.1 Å². The number of pyridine rings is 1. The minimum absolute atomic E-state index is 0.0520. The summed E-state index contributed by atoms with van der Waals surface area (Å²) in [4.78, 5) is 21.8. The van der Waals surface area contributed by atoms with Crippen LogP contribution in [0.4, 0.5) is 30.4 Å². The molecule has 0 saturated heterocycles. The number of hydrogen-bond acceptors (Lipinski definition) is 5. The van der Waals surface area contributed by atoms with Gasteiger partial charge in [0, 0.05) is 70.3 Å². The van der Waals surface area contributed by atoms with Gasteiger partial charge in [-0.25, -0.2) is 4.98 Å². The third-order valence-corrected chi connectivity index (χ3v) is 6.18. The van der Waals surface area contributed by atoms with E-state index in [1.165, 1.54) is 0 Å². The van der Waals surface area contributed by atoms with Gasteiger partial charge in [0.25, 0.3) is 5.91 Å². The number of anilines is 3. The molecule has 0 spiro atoms. The van der Waals surface area contributed by atoms with Gasteiger partial charge < -0.3 is 20.0 Å². The Labute approximate surface area is 193 Å². The normalized spacial score (nSPS) is 18.5. The minimum atomic E-state index is -4.51. The Morgan fingerprint density at radius 3 is 2.03 bits per heavy atom. The molecule has 1 aliphatic carbocycles. The second kappa shape index (κ2) is 9.89. The van der Waals surface area contributed by atoms with E-state index in [4.69, 9.17) is 0 Å². The summed E-state index contributed by atoms with van der Waals surface area (Å²) in [6, 6.07) is 10.4. The lowest BCUT2D eigenvalue weighted by Crippen LogP contribution is -2.43. The number of carbonyl (C=O) groups is 1. The Morgan fingerprint density at radius 1 is 0.909 bits per heavy atom. The van der Waals surface area contributed by atoms with E-state index in [9.17, 15) is 18.0 Å². The number of benzene rings is 1. The van der Waals surface area contributed by atoms with Crippen molar-refractivity contribution < 1.29 is 18.0 Å². The van der Waals surface area contributed by atoms with Gasteiger partial charge >= 0.3 is 6.18 Å². The van der Waals surface area contributed by atoms with E-state index in [1.807, 2.05) is 55.2 Å². The van der Waals surface area contributed by atoms with Gasteiger partial charge in [0.15, 0.2) is 0 Å². The second-order valence-electron chi connectivity index (χ2n) is 8.99. The number of nitrogens with one attached hydrogen (secondary N) is 1. The molecule has 1 heterocycles. The molecular formula is C24H32F3N5O. The Kier molecular flexibility index (Phi) is 7.39. The molecule has 0 atom stereocenters. The molecule has 9 heteroatoms. The topological polar surface area (TPSA) is 51.7 Å². The Morgan fingerprint density at radius 2 is 1.52 bits per heavy atom. The molecule has 0 radical (unpaired) electrons. The summed E-state index contributed by atoms with van der Waals surface area (Å²) in [6.45, 7) is 0. The molecule has 1 aromatic carbocycles. The monoisotopic (exact) mass is 463 g/mol. The molecule has 180 valence electrons. The van der Waals surface area contributed by atoms with Gasteiger partial charge in [-0.3, -0.25) is 4.79 Å². The van der Waals surface area contributed by atoms with E-state index >= 15 is 0 Å². The number of alkyl halides is 3. The van der Waals surface area contributed by atoms with Crippen LogP contribution in [0.25, 0.3) is 0 Å². The first kappa shape index (κ1) is 24.7. The smallest absolute Gasteiger partial charge is 0.378 e. The SMILES string of the molecule is CN(C)c1ccc(C(=O)N[C@H]2CC[C@@H](N(C)c3cc(N(C)C)nc(C(F)(F)F)c3)CC2)cc1. The first-order chi connectivity index (χ1) is 15.5. The fraction of sp³-hybridized carbons (Fsp3) is 0.500. The van der Waals surface area contributed by atoms with Gasteiger partial charge in [-0.05, 0) is 56.0 Å². The Hall–Kier alpha value is -2.97. The fourth-order valence-electron chi connectivity index (χ4n) is 4.08. The van der Waals surface area contributed by atoms with Crippen LogP contribution < -0.4 is 20.0 Å². The highest BCUT2D eigenvalue weighted by molar-refractivity contribution is 5.94. The van der Waals surface area contributed by atoms with Crippen LogP contribution in [0.5, 0.6) is 0 Å². The third-order valence-electron chi connectivity index (χ3n) is 6.18. The van der Waals surface area contributed by atoms with Crippen LogP contribution in [0, 0.1) is 0 Å². The number of hydrogen-bond donors (Lipinski definition) is 1. The van der Waals surface area contributed by atoms with Gasteiger partial charge in [-0.2, -0.15) is 13.2 Å². The summed E-state index contributed by atoms with van der Waals surface area (Å²) >= 11 is 0. The molecule has 1 saturated carbocycles. The van der Waals surface area contributed by atoms with Gasteiger partial charge in [-0.1, -0.05) is 0 Å². The zero-order valence-electron chi connectivity index (χ0n) is 19.8. The number of nitrogens with zero attached hydrogens (tertiary/aromatic N) is 4. The molecular weight excluding hydrogens is 431 g/mol. The number of halogens is 3. The van der Waals surface area contributed by atoms with Gasteiger partial charge in [0.05, 0.1) is 0 Å². The van der Waals surface area contributed by atoms with Gasteiger partial charge in [0.2, 0.25) is 0 Å². The van der Waals surface area contributed by atoms with Crippen LogP contribution in [0.2, 0.25) is 0 Å². The second-order valence-corrected chi connectivity index (χ2v) is 8.99. The first-order valence-corrected chi connectivity index (χ1v) is 11.0. The van der Waals surface area contributed by atoms with Crippen LogP contribution in [0.15, 0.2) is 36.4 Å². The zero-order valence-corrected chi connectivity index (χ0v) is 19.8. The molecule has 0 aliphatic heterocycles. The van der Waals surface area contributed by atoms with Crippen molar-refractivity contribution in [1.82, 2.24) is 10.3 Å². The molecule has 33 heavy (non-hydrogen) atoms. The quantitative estimate of drug-likeness (QED) is 0.688. The van der Waals surface area contributed by atoms with E-state index in [-0.39, 0.29) is 23.8 Å². The van der Waals surface area contributed by atoms with E-state index in [2.05, 4.69) is 10.3 Å². The highest BCUT2D eigenvalue weighted by Gasteiger charge is 2.34. The van der Waals surface area contributed by atoms with Crippen molar-refractivity contribution in [3.63, 3.8) is 0 Å². The van der Waals surface area contributed by atoms with Gasteiger partial charge in [0.1, 0.15) is 11.5 Å². The lowest BCUT2D eigenvalue weighted by atomic mass is 9.90. The molecule has 1 fully saturated rings. The summed E-state index contributed by atoms with van der Waals surface area (Å²) in [6.07, 6.45) is -1.40. The van der Waals surface area contributed by atoms with Crippen molar-refractivity contribution in [1.29, 1.82) is 0 Å². The fourth-order valence-corrected chi connectivity index (χ4v) is 4.08.